The van der Waals surface area contributed by atoms with Crippen LogP contribution in [0.25, 0.3) is 5.76 Å². The van der Waals surface area contributed by atoms with Crippen LogP contribution in [0.5, 0.6) is 5.75 Å². The molecule has 0 aromatic heterocycles. The lowest BCUT2D eigenvalue weighted by molar-refractivity contribution is -0.384. The summed E-state index contributed by atoms with van der Waals surface area (Å²) in [7, 11) is 0. The highest BCUT2D eigenvalue weighted by Gasteiger charge is 2.47. The number of ketones is 1. The van der Waals surface area contributed by atoms with Crippen LogP contribution in [0, 0.1) is 17.0 Å². The van der Waals surface area contributed by atoms with Gasteiger partial charge in [-0.25, -0.2) is 0 Å². The number of hydrogen-bond acceptors (Lipinski definition) is 6. The first kappa shape index (κ1) is 20.8. The Hall–Kier alpha value is -4.46. The Kier molecular flexibility index (Phi) is 5.19. The fourth-order valence-corrected chi connectivity index (χ4v) is 3.83. The third-order valence-electron chi connectivity index (χ3n) is 5.27. The molecule has 3 aromatic carbocycles. The topological polar surface area (TPSA) is 121 Å². The lowest BCUT2D eigenvalue weighted by Crippen LogP contribution is -2.29. The predicted octanol–water partition coefficient (Wildman–Crippen LogP) is 4.24. The van der Waals surface area contributed by atoms with Crippen LogP contribution in [0.1, 0.15) is 22.7 Å². The van der Waals surface area contributed by atoms with Crippen molar-refractivity contribution < 1.29 is 24.7 Å². The van der Waals surface area contributed by atoms with Gasteiger partial charge in [0, 0.05) is 17.7 Å². The molecular formula is C24H18N2O6. The molecular weight excluding hydrogens is 412 g/mol. The molecule has 0 aliphatic carbocycles. The van der Waals surface area contributed by atoms with E-state index in [-0.39, 0.29) is 28.3 Å². The van der Waals surface area contributed by atoms with E-state index in [9.17, 15) is 29.9 Å². The molecule has 1 aliphatic rings. The van der Waals surface area contributed by atoms with Gasteiger partial charge in [-0.2, -0.15) is 0 Å². The van der Waals surface area contributed by atoms with Gasteiger partial charge in [0.1, 0.15) is 11.5 Å². The standard InChI is InChI=1S/C24H18N2O6/c1-14-6-4-7-15(12-14)21-20(22(28)16-8-5-9-17(13-16)26(31)32)23(29)24(30)25(21)18-10-2-3-11-19(18)27/h2-13,21,27-28H,1H3/b22-20-. The molecule has 1 heterocycles. The van der Waals surface area contributed by atoms with E-state index in [2.05, 4.69) is 0 Å². The van der Waals surface area contributed by atoms with E-state index in [1.165, 1.54) is 30.3 Å². The summed E-state index contributed by atoms with van der Waals surface area (Å²) in [5.74, 6) is -2.62. The number of Topliss-reactive ketones (excluding diaryl/α,β-unsaturated/α-hetero) is 1. The lowest BCUT2D eigenvalue weighted by Gasteiger charge is -2.26. The molecule has 8 heteroatoms. The average molecular weight is 430 g/mol. The highest BCUT2D eigenvalue weighted by Crippen LogP contribution is 2.44. The molecule has 1 fully saturated rings. The van der Waals surface area contributed by atoms with Gasteiger partial charge in [-0.15, -0.1) is 0 Å². The Balaban J connectivity index is 1.98. The van der Waals surface area contributed by atoms with Crippen molar-refractivity contribution in [2.75, 3.05) is 4.90 Å². The van der Waals surface area contributed by atoms with Gasteiger partial charge in [-0.05, 0) is 24.6 Å². The zero-order valence-corrected chi connectivity index (χ0v) is 16.9. The number of aliphatic hydroxyl groups is 1. The fourth-order valence-electron chi connectivity index (χ4n) is 3.83. The monoisotopic (exact) mass is 430 g/mol. The molecule has 1 aliphatic heterocycles. The zero-order chi connectivity index (χ0) is 23.0. The molecule has 0 bridgehead atoms. The number of phenolic OH excluding ortho intramolecular Hbond substituents is 1. The highest BCUT2D eigenvalue weighted by molar-refractivity contribution is 6.51. The summed E-state index contributed by atoms with van der Waals surface area (Å²) in [5.41, 5.74) is 1.06. The van der Waals surface area contributed by atoms with Crippen molar-refractivity contribution in [2.45, 2.75) is 13.0 Å². The molecule has 0 spiro atoms. The van der Waals surface area contributed by atoms with Crippen LogP contribution in [-0.2, 0) is 9.59 Å². The molecule has 4 rings (SSSR count). The van der Waals surface area contributed by atoms with Crippen LogP contribution in [0.2, 0.25) is 0 Å². The van der Waals surface area contributed by atoms with E-state index in [1.54, 1.807) is 30.3 Å². The third-order valence-corrected chi connectivity index (χ3v) is 5.27. The van der Waals surface area contributed by atoms with Crippen molar-refractivity contribution in [1.82, 2.24) is 0 Å². The van der Waals surface area contributed by atoms with Gasteiger partial charge in [-0.1, -0.05) is 54.1 Å². The molecule has 3 aromatic rings. The van der Waals surface area contributed by atoms with Crippen molar-refractivity contribution in [3.8, 4) is 5.75 Å². The maximum atomic E-state index is 13.1. The van der Waals surface area contributed by atoms with Crippen LogP contribution in [0.4, 0.5) is 11.4 Å². The molecule has 32 heavy (non-hydrogen) atoms. The molecule has 0 saturated carbocycles. The number of phenols is 1. The number of aliphatic hydroxyl groups excluding tert-OH is 1. The number of nitro groups is 1. The Morgan fingerprint density at radius 1 is 1.00 bits per heavy atom. The van der Waals surface area contributed by atoms with E-state index < -0.39 is 28.4 Å². The Morgan fingerprint density at radius 2 is 1.72 bits per heavy atom. The summed E-state index contributed by atoms with van der Waals surface area (Å²) in [6, 6.07) is 17.3. The van der Waals surface area contributed by atoms with Crippen molar-refractivity contribution in [2.24, 2.45) is 0 Å². The Bertz CT molecular complexity index is 1300. The van der Waals surface area contributed by atoms with Gasteiger partial charge in [-0.3, -0.25) is 24.6 Å². The van der Waals surface area contributed by atoms with Crippen LogP contribution in [0.15, 0.2) is 78.4 Å². The zero-order valence-electron chi connectivity index (χ0n) is 16.9. The molecule has 1 amide bonds. The molecule has 8 nitrogen and oxygen atoms in total. The minimum Gasteiger partial charge on any atom is -0.507 e. The minimum atomic E-state index is -1.04. The molecule has 0 radical (unpaired) electrons. The van der Waals surface area contributed by atoms with Crippen LogP contribution in [0.3, 0.4) is 0 Å². The summed E-state index contributed by atoms with van der Waals surface area (Å²) < 4.78 is 0. The van der Waals surface area contributed by atoms with Crippen molar-refractivity contribution in [3.63, 3.8) is 0 Å². The first-order valence-electron chi connectivity index (χ1n) is 9.70. The predicted molar refractivity (Wildman–Crippen MR) is 117 cm³/mol. The van der Waals surface area contributed by atoms with E-state index in [0.717, 1.165) is 16.5 Å². The SMILES string of the molecule is Cc1cccc(C2/C(=C(/O)c3cccc([N+](=O)[O-])c3)C(=O)C(=O)N2c2ccccc2O)c1. The second kappa shape index (κ2) is 7.99. The minimum absolute atomic E-state index is 0.0344. The normalized spacial score (nSPS) is 17.5. The number of carbonyl (C=O) groups excluding carboxylic acids is 2. The van der Waals surface area contributed by atoms with E-state index in [1.807, 2.05) is 13.0 Å². The number of rotatable bonds is 4. The van der Waals surface area contributed by atoms with Gasteiger partial charge in [0.15, 0.2) is 0 Å². The van der Waals surface area contributed by atoms with Crippen molar-refractivity contribution in [1.29, 1.82) is 0 Å². The summed E-state index contributed by atoms with van der Waals surface area (Å²) in [4.78, 5) is 37.8. The smallest absolute Gasteiger partial charge is 0.300 e. The summed E-state index contributed by atoms with van der Waals surface area (Å²) in [5, 5.41) is 32.6. The molecule has 1 atom stereocenters. The molecule has 2 N–H and O–H groups in total. The Labute approximate surface area is 182 Å². The molecule has 1 saturated heterocycles. The summed E-state index contributed by atoms with van der Waals surface area (Å²) in [6.07, 6.45) is 0. The number of para-hydroxylation sites is 2. The number of aryl methyl sites for hydroxylation is 1. The largest absolute Gasteiger partial charge is 0.507 e. The number of anilines is 1. The van der Waals surface area contributed by atoms with Crippen molar-refractivity contribution >= 4 is 28.8 Å². The number of nitro benzene ring substituents is 1. The highest BCUT2D eigenvalue weighted by atomic mass is 16.6. The van der Waals surface area contributed by atoms with Gasteiger partial charge in [0.05, 0.1) is 22.2 Å². The van der Waals surface area contributed by atoms with Crippen molar-refractivity contribution in [3.05, 3.63) is 105 Å². The van der Waals surface area contributed by atoms with E-state index in [4.69, 9.17) is 0 Å². The van der Waals surface area contributed by atoms with Gasteiger partial charge < -0.3 is 10.2 Å². The van der Waals surface area contributed by atoms with E-state index >= 15 is 0 Å². The first-order valence-corrected chi connectivity index (χ1v) is 9.70. The number of hydrogen-bond donors (Lipinski definition) is 2. The number of amides is 1. The fraction of sp³-hybridized carbons (Fsp3) is 0.0833. The van der Waals surface area contributed by atoms with Crippen LogP contribution >= 0.6 is 0 Å². The number of nitrogens with zero attached hydrogens (tertiary/aromatic N) is 2. The number of aromatic hydroxyl groups is 1. The number of benzene rings is 3. The molecule has 160 valence electrons. The summed E-state index contributed by atoms with van der Waals surface area (Å²) in [6.45, 7) is 1.84. The molecule has 1 unspecified atom stereocenters. The third kappa shape index (κ3) is 3.47. The maximum absolute atomic E-state index is 13.1. The van der Waals surface area contributed by atoms with E-state index in [0.29, 0.717) is 5.56 Å². The van der Waals surface area contributed by atoms with Crippen LogP contribution < -0.4 is 4.90 Å². The summed E-state index contributed by atoms with van der Waals surface area (Å²) >= 11 is 0. The second-order valence-electron chi connectivity index (χ2n) is 7.38. The van der Waals surface area contributed by atoms with Gasteiger partial charge >= 0.3 is 0 Å². The first-order chi connectivity index (χ1) is 15.3. The van der Waals surface area contributed by atoms with Gasteiger partial charge in [0.2, 0.25) is 0 Å². The maximum Gasteiger partial charge on any atom is 0.300 e. The van der Waals surface area contributed by atoms with Crippen LogP contribution in [-0.4, -0.2) is 26.8 Å². The average Bonchev–Trinajstić information content (AvgIpc) is 3.04. The van der Waals surface area contributed by atoms with Gasteiger partial charge in [0.25, 0.3) is 17.4 Å². The number of non-ortho nitro benzene ring substituents is 1. The lowest BCUT2D eigenvalue weighted by atomic mass is 9.94. The second-order valence-corrected chi connectivity index (χ2v) is 7.38. The Morgan fingerprint density at radius 3 is 2.41 bits per heavy atom. The quantitative estimate of drug-likeness (QED) is 0.210. The number of carbonyl (C=O) groups is 2.